The minimum absolute atomic E-state index is 0.140. The Morgan fingerprint density at radius 1 is 1.39 bits per heavy atom. The third-order valence-electron chi connectivity index (χ3n) is 4.15. The molecule has 1 aliphatic rings. The van der Waals surface area contributed by atoms with Gasteiger partial charge in [0.1, 0.15) is 12.1 Å². The molecule has 0 saturated heterocycles. The first-order chi connectivity index (χ1) is 13.2. The Kier molecular flexibility index (Phi) is 9.85. The number of amides is 2. The lowest BCUT2D eigenvalue weighted by Crippen LogP contribution is -2.54. The lowest BCUT2D eigenvalue weighted by molar-refractivity contribution is -0.129. The number of nitriles is 1. The van der Waals surface area contributed by atoms with Crippen molar-refractivity contribution in [2.45, 2.75) is 45.2 Å². The molecule has 156 valence electrons. The highest BCUT2D eigenvalue weighted by atomic mass is 32.2. The molecule has 4 N–H and O–H groups in total. The number of hydrogen-bond acceptors (Lipinski definition) is 6. The summed E-state index contributed by atoms with van der Waals surface area (Å²) in [5, 5.41) is 23.2. The average molecular weight is 413 g/mol. The molecule has 28 heavy (non-hydrogen) atoms. The summed E-state index contributed by atoms with van der Waals surface area (Å²) in [4.78, 5) is 24.3. The molecular formula is C18H28N4O5S. The van der Waals surface area contributed by atoms with Crippen molar-refractivity contribution in [2.24, 2.45) is 5.92 Å². The Balaban J connectivity index is 2.51. The van der Waals surface area contributed by atoms with E-state index < -0.39 is 40.5 Å². The second-order valence-electron chi connectivity index (χ2n) is 6.58. The van der Waals surface area contributed by atoms with E-state index >= 15 is 0 Å². The van der Waals surface area contributed by atoms with Crippen molar-refractivity contribution >= 4 is 21.8 Å². The van der Waals surface area contributed by atoms with Crippen LogP contribution in [-0.4, -0.2) is 56.3 Å². The summed E-state index contributed by atoms with van der Waals surface area (Å²) >= 11 is 0. The predicted molar refractivity (Wildman–Crippen MR) is 104 cm³/mol. The summed E-state index contributed by atoms with van der Waals surface area (Å²) in [6.07, 6.45) is 7.10. The van der Waals surface area contributed by atoms with E-state index in [2.05, 4.69) is 21.4 Å². The Morgan fingerprint density at radius 2 is 2.11 bits per heavy atom. The number of allylic oxidation sites excluding steroid dienone is 2. The van der Waals surface area contributed by atoms with Gasteiger partial charge in [0.15, 0.2) is 0 Å². The van der Waals surface area contributed by atoms with Crippen molar-refractivity contribution in [3.05, 3.63) is 23.8 Å². The van der Waals surface area contributed by atoms with Crippen molar-refractivity contribution in [2.75, 3.05) is 18.9 Å². The normalized spacial score (nSPS) is 18.5. The lowest BCUT2D eigenvalue weighted by atomic mass is 9.98. The molecule has 0 spiro atoms. The van der Waals surface area contributed by atoms with E-state index in [1.807, 2.05) is 13.0 Å². The summed E-state index contributed by atoms with van der Waals surface area (Å²) < 4.78 is 25.9. The zero-order valence-electron chi connectivity index (χ0n) is 16.1. The molecule has 1 rings (SSSR count). The second-order valence-corrected chi connectivity index (χ2v) is 8.46. The van der Waals surface area contributed by atoms with Gasteiger partial charge in [0.05, 0.1) is 24.3 Å². The van der Waals surface area contributed by atoms with Crippen LogP contribution in [0, 0.1) is 17.2 Å². The third-order valence-corrected chi connectivity index (χ3v) is 5.62. The number of carbonyl (C=O) groups excluding carboxylic acids is 2. The lowest BCUT2D eigenvalue weighted by Gasteiger charge is -2.20. The van der Waals surface area contributed by atoms with Crippen molar-refractivity contribution < 1.29 is 23.1 Å². The highest BCUT2D eigenvalue weighted by Gasteiger charge is 2.26. The van der Waals surface area contributed by atoms with Crippen LogP contribution in [0.25, 0.3) is 0 Å². The SMILES string of the molecule is CCCCS(=O)(=O)N[C@H](CO)C(=O)N[C@@H](C)C(=O)NCC1=CCC(C#N)C=C1. The van der Waals surface area contributed by atoms with Gasteiger partial charge in [-0.25, -0.2) is 13.1 Å². The maximum absolute atomic E-state index is 12.2. The van der Waals surface area contributed by atoms with Crippen LogP contribution in [0.1, 0.15) is 33.1 Å². The van der Waals surface area contributed by atoms with Crippen LogP contribution < -0.4 is 15.4 Å². The zero-order valence-corrected chi connectivity index (χ0v) is 17.0. The fraction of sp³-hybridized carbons (Fsp3) is 0.611. The third kappa shape index (κ3) is 8.21. The molecule has 0 saturated carbocycles. The first kappa shape index (κ1) is 23.8. The Morgan fingerprint density at radius 3 is 2.64 bits per heavy atom. The molecule has 0 heterocycles. The summed E-state index contributed by atoms with van der Waals surface area (Å²) in [5.41, 5.74) is 0.857. The van der Waals surface area contributed by atoms with Crippen LogP contribution in [0.15, 0.2) is 23.8 Å². The molecule has 10 heteroatoms. The molecule has 0 bridgehead atoms. The number of aliphatic hydroxyl groups excluding tert-OH is 1. The standard InChI is InChI=1S/C18H28N4O5S/c1-3-4-9-28(26,27)22-16(12-23)18(25)21-13(2)17(24)20-11-15-7-5-14(10-19)6-8-15/h5,7-8,13-14,16,22-23H,3-4,6,9,11-12H2,1-2H3,(H,20,24)(H,21,25)/t13-,14?,16+/m0/s1. The molecule has 2 amide bonds. The molecule has 0 aromatic rings. The largest absolute Gasteiger partial charge is 0.394 e. The molecule has 3 atom stereocenters. The van der Waals surface area contributed by atoms with Gasteiger partial charge in [-0.15, -0.1) is 0 Å². The topological polar surface area (TPSA) is 148 Å². The minimum atomic E-state index is -3.70. The van der Waals surface area contributed by atoms with Crippen LogP contribution in [0.5, 0.6) is 0 Å². The van der Waals surface area contributed by atoms with E-state index in [9.17, 15) is 23.1 Å². The number of unbranched alkanes of at least 4 members (excludes halogenated alkanes) is 1. The highest BCUT2D eigenvalue weighted by Crippen LogP contribution is 2.14. The summed E-state index contributed by atoms with van der Waals surface area (Å²) in [7, 11) is -3.70. The van der Waals surface area contributed by atoms with Crippen LogP contribution in [0.2, 0.25) is 0 Å². The summed E-state index contributed by atoms with van der Waals surface area (Å²) in [5.74, 6) is -1.53. The van der Waals surface area contributed by atoms with Gasteiger partial charge in [-0.3, -0.25) is 9.59 Å². The molecule has 0 fully saturated rings. The fourth-order valence-corrected chi connectivity index (χ4v) is 3.80. The minimum Gasteiger partial charge on any atom is -0.394 e. The first-order valence-electron chi connectivity index (χ1n) is 9.18. The van der Waals surface area contributed by atoms with E-state index in [1.165, 1.54) is 6.92 Å². The molecule has 1 unspecified atom stereocenters. The Bertz CT molecular complexity index is 754. The second kappa shape index (κ2) is 11.6. The molecule has 1 aliphatic carbocycles. The number of nitrogens with one attached hydrogen (secondary N) is 3. The van der Waals surface area contributed by atoms with Crippen molar-refractivity contribution in [3.8, 4) is 6.07 Å². The van der Waals surface area contributed by atoms with Gasteiger partial charge in [-0.1, -0.05) is 31.6 Å². The van der Waals surface area contributed by atoms with Crippen LogP contribution in [0.3, 0.4) is 0 Å². The van der Waals surface area contributed by atoms with Gasteiger partial charge in [0.25, 0.3) is 0 Å². The fourth-order valence-electron chi connectivity index (χ4n) is 2.40. The Hall–Kier alpha value is -2.22. The summed E-state index contributed by atoms with van der Waals surface area (Å²) in [6, 6.07) is -0.135. The van der Waals surface area contributed by atoms with Gasteiger partial charge in [0, 0.05) is 6.54 Å². The molecule has 9 nitrogen and oxygen atoms in total. The van der Waals surface area contributed by atoms with Crippen molar-refractivity contribution in [1.29, 1.82) is 5.26 Å². The van der Waals surface area contributed by atoms with Crippen molar-refractivity contribution in [3.63, 3.8) is 0 Å². The Labute approximate surface area is 165 Å². The van der Waals surface area contributed by atoms with Gasteiger partial charge in [-0.2, -0.15) is 5.26 Å². The number of carbonyl (C=O) groups is 2. The molecule has 0 aliphatic heterocycles. The number of sulfonamides is 1. The molecule has 0 aromatic carbocycles. The number of rotatable bonds is 11. The maximum Gasteiger partial charge on any atom is 0.242 e. The van der Waals surface area contributed by atoms with E-state index in [-0.39, 0.29) is 18.2 Å². The molecule has 0 aromatic heterocycles. The highest BCUT2D eigenvalue weighted by molar-refractivity contribution is 7.89. The van der Waals surface area contributed by atoms with Gasteiger partial charge < -0.3 is 15.7 Å². The van der Waals surface area contributed by atoms with E-state index in [0.717, 1.165) is 5.57 Å². The zero-order chi connectivity index (χ0) is 21.2. The quantitative estimate of drug-likeness (QED) is 0.367. The smallest absolute Gasteiger partial charge is 0.242 e. The van der Waals surface area contributed by atoms with E-state index in [0.29, 0.717) is 19.3 Å². The van der Waals surface area contributed by atoms with Gasteiger partial charge in [-0.05, 0) is 25.3 Å². The first-order valence-corrected chi connectivity index (χ1v) is 10.8. The van der Waals surface area contributed by atoms with Crippen LogP contribution in [-0.2, 0) is 19.6 Å². The average Bonchev–Trinajstić information content (AvgIpc) is 2.68. The van der Waals surface area contributed by atoms with Gasteiger partial charge in [0.2, 0.25) is 21.8 Å². The maximum atomic E-state index is 12.2. The monoisotopic (exact) mass is 412 g/mol. The van der Waals surface area contributed by atoms with Gasteiger partial charge >= 0.3 is 0 Å². The van der Waals surface area contributed by atoms with E-state index in [4.69, 9.17) is 5.26 Å². The van der Waals surface area contributed by atoms with Crippen molar-refractivity contribution in [1.82, 2.24) is 15.4 Å². The van der Waals surface area contributed by atoms with E-state index in [1.54, 1.807) is 12.2 Å². The molecule has 0 radical (unpaired) electrons. The number of hydrogen-bond donors (Lipinski definition) is 4. The molecular weight excluding hydrogens is 384 g/mol. The van der Waals surface area contributed by atoms with Crippen LogP contribution >= 0.6 is 0 Å². The number of aliphatic hydroxyl groups is 1. The number of nitrogens with zero attached hydrogens (tertiary/aromatic N) is 1. The predicted octanol–water partition coefficient (Wildman–Crippen LogP) is -0.286. The van der Waals surface area contributed by atoms with Crippen LogP contribution in [0.4, 0.5) is 0 Å². The summed E-state index contributed by atoms with van der Waals surface area (Å²) in [6.45, 7) is 2.83.